The SMILES string of the molecule is Cc1sc(Br)cc1S(=O)(=O)NC(C)CCc1ccco1. The number of hydrogen-bond acceptors (Lipinski definition) is 4. The predicted octanol–water partition coefficient (Wildman–Crippen LogP) is 3.71. The quantitative estimate of drug-likeness (QED) is 0.834. The molecule has 1 atom stereocenters. The molecule has 0 fully saturated rings. The molecule has 0 bridgehead atoms. The first-order valence-corrected chi connectivity index (χ1v) is 9.28. The Morgan fingerprint density at radius 3 is 2.80 bits per heavy atom. The van der Waals surface area contributed by atoms with Gasteiger partial charge in [-0.1, -0.05) is 0 Å². The number of sulfonamides is 1. The van der Waals surface area contributed by atoms with Crippen LogP contribution in [0.25, 0.3) is 0 Å². The molecule has 0 spiro atoms. The monoisotopic (exact) mass is 377 g/mol. The average Bonchev–Trinajstić information content (AvgIpc) is 2.95. The highest BCUT2D eigenvalue weighted by molar-refractivity contribution is 9.11. The summed E-state index contributed by atoms with van der Waals surface area (Å²) >= 11 is 4.73. The largest absolute Gasteiger partial charge is 0.469 e. The van der Waals surface area contributed by atoms with Gasteiger partial charge in [0.05, 0.1) is 14.9 Å². The van der Waals surface area contributed by atoms with Crippen LogP contribution in [-0.4, -0.2) is 14.5 Å². The van der Waals surface area contributed by atoms with E-state index in [-0.39, 0.29) is 6.04 Å². The number of hydrogen-bond donors (Lipinski definition) is 1. The Balaban J connectivity index is 1.99. The zero-order chi connectivity index (χ0) is 14.8. The number of nitrogens with one attached hydrogen (secondary N) is 1. The molecule has 0 aliphatic rings. The van der Waals surface area contributed by atoms with Crippen LogP contribution in [0.5, 0.6) is 0 Å². The zero-order valence-corrected chi connectivity index (χ0v) is 14.4. The van der Waals surface area contributed by atoms with Gasteiger partial charge in [-0.15, -0.1) is 11.3 Å². The van der Waals surface area contributed by atoms with Crippen LogP contribution in [0, 0.1) is 6.92 Å². The van der Waals surface area contributed by atoms with Crippen LogP contribution in [-0.2, 0) is 16.4 Å². The van der Waals surface area contributed by atoms with E-state index in [1.165, 1.54) is 11.3 Å². The first-order chi connectivity index (χ1) is 9.38. The standard InChI is InChI=1S/C13H16BrNO3S2/c1-9(5-6-11-4-3-7-18-11)15-20(16,17)12-8-13(14)19-10(12)2/h3-4,7-9,15H,5-6H2,1-2H3. The van der Waals surface area contributed by atoms with E-state index in [9.17, 15) is 8.42 Å². The Morgan fingerprint density at radius 2 is 2.25 bits per heavy atom. The molecule has 0 aromatic carbocycles. The van der Waals surface area contributed by atoms with Crippen molar-refractivity contribution in [3.8, 4) is 0 Å². The highest BCUT2D eigenvalue weighted by Gasteiger charge is 2.21. The van der Waals surface area contributed by atoms with Gasteiger partial charge in [-0.3, -0.25) is 0 Å². The lowest BCUT2D eigenvalue weighted by molar-refractivity contribution is 0.480. The summed E-state index contributed by atoms with van der Waals surface area (Å²) in [5, 5.41) is 0. The molecule has 4 nitrogen and oxygen atoms in total. The van der Waals surface area contributed by atoms with E-state index in [1.54, 1.807) is 19.3 Å². The van der Waals surface area contributed by atoms with E-state index < -0.39 is 10.0 Å². The maximum absolute atomic E-state index is 12.3. The van der Waals surface area contributed by atoms with Gasteiger partial charge < -0.3 is 4.42 Å². The highest BCUT2D eigenvalue weighted by atomic mass is 79.9. The van der Waals surface area contributed by atoms with Gasteiger partial charge in [-0.05, 0) is 54.4 Å². The van der Waals surface area contributed by atoms with Crippen LogP contribution in [0.15, 0.2) is 37.6 Å². The van der Waals surface area contributed by atoms with Crippen LogP contribution in [0.1, 0.15) is 24.0 Å². The van der Waals surface area contributed by atoms with Crippen molar-refractivity contribution in [1.29, 1.82) is 0 Å². The van der Waals surface area contributed by atoms with Gasteiger partial charge >= 0.3 is 0 Å². The van der Waals surface area contributed by atoms with E-state index in [4.69, 9.17) is 4.42 Å². The van der Waals surface area contributed by atoms with Crippen LogP contribution in [0.3, 0.4) is 0 Å². The summed E-state index contributed by atoms with van der Waals surface area (Å²) in [6, 6.07) is 5.21. The Labute approximate surface area is 131 Å². The third-order valence-electron chi connectivity index (χ3n) is 2.89. The van der Waals surface area contributed by atoms with Crippen molar-refractivity contribution in [1.82, 2.24) is 4.72 Å². The van der Waals surface area contributed by atoms with Gasteiger partial charge in [0, 0.05) is 17.3 Å². The minimum absolute atomic E-state index is 0.150. The second-order valence-electron chi connectivity index (χ2n) is 4.61. The van der Waals surface area contributed by atoms with Crippen molar-refractivity contribution >= 4 is 37.3 Å². The third kappa shape index (κ3) is 3.94. The summed E-state index contributed by atoms with van der Waals surface area (Å²) in [7, 11) is -3.46. The maximum Gasteiger partial charge on any atom is 0.241 e. The molecular weight excluding hydrogens is 362 g/mol. The third-order valence-corrected chi connectivity index (χ3v) is 6.29. The van der Waals surface area contributed by atoms with Crippen molar-refractivity contribution in [2.24, 2.45) is 0 Å². The Morgan fingerprint density at radius 1 is 1.50 bits per heavy atom. The van der Waals surface area contributed by atoms with Crippen molar-refractivity contribution in [3.05, 3.63) is 38.9 Å². The minimum Gasteiger partial charge on any atom is -0.469 e. The molecule has 20 heavy (non-hydrogen) atoms. The molecule has 0 amide bonds. The van der Waals surface area contributed by atoms with E-state index >= 15 is 0 Å². The van der Waals surface area contributed by atoms with Crippen molar-refractivity contribution in [2.45, 2.75) is 37.6 Å². The maximum atomic E-state index is 12.3. The topological polar surface area (TPSA) is 59.3 Å². The lowest BCUT2D eigenvalue weighted by atomic mass is 10.2. The van der Waals surface area contributed by atoms with Crippen molar-refractivity contribution < 1.29 is 12.8 Å². The summed E-state index contributed by atoms with van der Waals surface area (Å²) in [6.07, 6.45) is 3.02. The zero-order valence-electron chi connectivity index (χ0n) is 11.2. The van der Waals surface area contributed by atoms with Gasteiger partial charge in [0.15, 0.2) is 0 Å². The van der Waals surface area contributed by atoms with Crippen LogP contribution in [0.4, 0.5) is 0 Å². The van der Waals surface area contributed by atoms with E-state index in [0.717, 1.165) is 14.4 Å². The summed E-state index contributed by atoms with van der Waals surface area (Å²) in [6.45, 7) is 3.66. The van der Waals surface area contributed by atoms with Crippen LogP contribution in [0.2, 0.25) is 0 Å². The fourth-order valence-corrected chi connectivity index (χ4v) is 5.59. The first-order valence-electron chi connectivity index (χ1n) is 6.19. The first kappa shape index (κ1) is 15.8. The number of rotatable bonds is 6. The highest BCUT2D eigenvalue weighted by Crippen LogP contribution is 2.29. The molecular formula is C13H16BrNO3S2. The van der Waals surface area contributed by atoms with E-state index in [2.05, 4.69) is 20.7 Å². The number of furan rings is 1. The molecule has 7 heteroatoms. The van der Waals surface area contributed by atoms with E-state index in [0.29, 0.717) is 17.7 Å². The fraction of sp³-hybridized carbons (Fsp3) is 0.385. The van der Waals surface area contributed by atoms with E-state index in [1.807, 2.05) is 19.1 Å². The summed E-state index contributed by atoms with van der Waals surface area (Å²) in [5.74, 6) is 0.866. The smallest absolute Gasteiger partial charge is 0.241 e. The second kappa shape index (κ2) is 6.43. The normalized spacial score (nSPS) is 13.6. The van der Waals surface area contributed by atoms with Gasteiger partial charge in [0.1, 0.15) is 5.76 Å². The van der Waals surface area contributed by atoms with Crippen LogP contribution < -0.4 is 4.72 Å². The lowest BCUT2D eigenvalue weighted by Crippen LogP contribution is -2.33. The van der Waals surface area contributed by atoms with Gasteiger partial charge in [0.25, 0.3) is 0 Å². The number of halogens is 1. The van der Waals surface area contributed by atoms with Gasteiger partial charge in [-0.2, -0.15) is 0 Å². The Kier molecular flexibility index (Phi) is 5.06. The molecule has 1 unspecified atom stereocenters. The lowest BCUT2D eigenvalue weighted by Gasteiger charge is -2.13. The van der Waals surface area contributed by atoms with Gasteiger partial charge in [0.2, 0.25) is 10.0 Å². The molecule has 0 radical (unpaired) electrons. The van der Waals surface area contributed by atoms with Crippen molar-refractivity contribution in [2.75, 3.05) is 0 Å². The fourth-order valence-electron chi connectivity index (χ4n) is 1.90. The Hall–Kier alpha value is -0.630. The molecule has 0 saturated heterocycles. The molecule has 110 valence electrons. The Bertz CT molecular complexity index is 662. The summed E-state index contributed by atoms with van der Waals surface area (Å²) in [4.78, 5) is 1.13. The molecule has 2 aromatic heterocycles. The molecule has 0 saturated carbocycles. The molecule has 0 aliphatic heterocycles. The average molecular weight is 378 g/mol. The molecule has 1 N–H and O–H groups in total. The summed E-state index contributed by atoms with van der Waals surface area (Å²) in [5.41, 5.74) is 0. The number of aryl methyl sites for hydroxylation is 2. The molecule has 2 rings (SSSR count). The summed E-state index contributed by atoms with van der Waals surface area (Å²) < 4.78 is 33.3. The predicted molar refractivity (Wildman–Crippen MR) is 83.6 cm³/mol. The second-order valence-corrected chi connectivity index (χ2v) is 8.93. The minimum atomic E-state index is -3.46. The molecule has 0 aliphatic carbocycles. The van der Waals surface area contributed by atoms with Crippen molar-refractivity contribution in [3.63, 3.8) is 0 Å². The molecule has 2 heterocycles. The molecule has 2 aromatic rings. The van der Waals surface area contributed by atoms with Gasteiger partial charge in [-0.25, -0.2) is 13.1 Å². The number of thiophene rings is 1. The van der Waals surface area contributed by atoms with Crippen LogP contribution >= 0.6 is 27.3 Å².